The van der Waals surface area contributed by atoms with Crippen molar-refractivity contribution in [3.63, 3.8) is 0 Å². The second-order valence-electron chi connectivity index (χ2n) is 8.61. The lowest BCUT2D eigenvalue weighted by molar-refractivity contribution is -0.128. The maximum Gasteiger partial charge on any atom is 0.243 e. The number of rotatable bonds is 6. The summed E-state index contributed by atoms with van der Waals surface area (Å²) in [5.74, 6) is 0.338. The highest BCUT2D eigenvalue weighted by Gasteiger charge is 2.27. The highest BCUT2D eigenvalue weighted by molar-refractivity contribution is 5.87. The van der Waals surface area contributed by atoms with Crippen LogP contribution < -0.4 is 15.5 Å². The quantitative estimate of drug-likeness (QED) is 0.730. The summed E-state index contributed by atoms with van der Waals surface area (Å²) in [5.41, 5.74) is 4.56. The summed E-state index contributed by atoms with van der Waals surface area (Å²) >= 11 is 0. The molecule has 32 heavy (non-hydrogen) atoms. The van der Waals surface area contributed by atoms with Gasteiger partial charge in [-0.05, 0) is 50.8 Å². The fourth-order valence-corrected chi connectivity index (χ4v) is 4.25. The van der Waals surface area contributed by atoms with Crippen LogP contribution in [0.4, 0.5) is 5.82 Å². The summed E-state index contributed by atoms with van der Waals surface area (Å²) in [6, 6.07) is 11.6. The number of carbonyl (C=O) groups is 2. The van der Waals surface area contributed by atoms with Gasteiger partial charge in [-0.3, -0.25) is 9.59 Å². The molecule has 2 N–H and O–H groups in total. The van der Waals surface area contributed by atoms with E-state index in [4.69, 9.17) is 0 Å². The third kappa shape index (κ3) is 5.85. The number of hydrogen-bond acceptors (Lipinski definition) is 5. The molecule has 0 bridgehead atoms. The summed E-state index contributed by atoms with van der Waals surface area (Å²) in [6.45, 7) is 8.71. The first-order chi connectivity index (χ1) is 15.3. The van der Waals surface area contributed by atoms with Gasteiger partial charge in [0.05, 0.1) is 5.56 Å². The largest absolute Gasteiger partial charge is 0.355 e. The number of nitrogens with one attached hydrogen (secondary N) is 2. The summed E-state index contributed by atoms with van der Waals surface area (Å²) < 4.78 is 0. The molecule has 7 nitrogen and oxygen atoms in total. The summed E-state index contributed by atoms with van der Waals surface area (Å²) in [5, 5.41) is 15.5. The van der Waals surface area contributed by atoms with Crippen LogP contribution in [0.1, 0.15) is 47.7 Å². The number of aromatic nitrogens is 1. The van der Waals surface area contributed by atoms with Gasteiger partial charge in [-0.25, -0.2) is 4.98 Å². The van der Waals surface area contributed by atoms with E-state index in [0.717, 1.165) is 41.0 Å². The number of nitrogens with zero attached hydrogens (tertiary/aromatic N) is 3. The predicted molar refractivity (Wildman–Crippen MR) is 124 cm³/mol. The molecule has 0 spiro atoms. The van der Waals surface area contributed by atoms with Crippen molar-refractivity contribution in [2.75, 3.05) is 18.0 Å². The normalized spacial score (nSPS) is 15.0. The fourth-order valence-electron chi connectivity index (χ4n) is 4.25. The molecule has 1 saturated heterocycles. The summed E-state index contributed by atoms with van der Waals surface area (Å²) in [6.07, 6.45) is 1.95. The number of hydrogen-bond donors (Lipinski definition) is 2. The topological polar surface area (TPSA) is 98.1 Å². The number of benzene rings is 1. The monoisotopic (exact) mass is 433 g/mol. The number of amides is 2. The molecular formula is C25H31N5O2. The van der Waals surface area contributed by atoms with E-state index in [1.54, 1.807) is 0 Å². The Morgan fingerprint density at radius 2 is 1.94 bits per heavy atom. The lowest BCUT2D eigenvalue weighted by atomic mass is 10.0. The SMILES string of the molecule is CC(=O)NC(Cc1cccc(C)c1)C(=O)NC1CCN(c2nc(C)cc(C)c2C#N)CC1. The van der Waals surface area contributed by atoms with Gasteiger partial charge in [0, 0.05) is 38.2 Å². The van der Waals surface area contributed by atoms with Crippen molar-refractivity contribution in [3.05, 3.63) is 58.3 Å². The standard InChI is InChI=1S/C25H31N5O2/c1-16-6-5-7-20(12-16)14-23(28-19(4)31)25(32)29-21-8-10-30(11-9-21)24-22(15-26)17(2)13-18(3)27-24/h5-7,12-13,21,23H,8-11,14H2,1-4H3,(H,28,31)(H,29,32). The molecule has 2 heterocycles. The Morgan fingerprint density at radius 3 is 2.56 bits per heavy atom. The second-order valence-corrected chi connectivity index (χ2v) is 8.61. The Balaban J connectivity index is 1.63. The zero-order valence-electron chi connectivity index (χ0n) is 19.2. The van der Waals surface area contributed by atoms with E-state index >= 15 is 0 Å². The van der Waals surface area contributed by atoms with E-state index in [2.05, 4.69) is 26.6 Å². The lowest BCUT2D eigenvalue weighted by Gasteiger charge is -2.34. The van der Waals surface area contributed by atoms with Gasteiger partial charge >= 0.3 is 0 Å². The second kappa shape index (κ2) is 10.3. The molecule has 168 valence electrons. The average molecular weight is 434 g/mol. The molecule has 0 aliphatic carbocycles. The van der Waals surface area contributed by atoms with Gasteiger partial charge in [-0.2, -0.15) is 5.26 Å². The third-order valence-electron chi connectivity index (χ3n) is 5.79. The average Bonchev–Trinajstić information content (AvgIpc) is 2.73. The van der Waals surface area contributed by atoms with E-state index in [1.807, 2.05) is 51.1 Å². The number of nitriles is 1. The van der Waals surface area contributed by atoms with Gasteiger partial charge in [0.15, 0.2) is 0 Å². The van der Waals surface area contributed by atoms with Crippen LogP contribution in [-0.2, 0) is 16.0 Å². The Kier molecular flexibility index (Phi) is 7.47. The number of piperidine rings is 1. The molecule has 3 rings (SSSR count). The van der Waals surface area contributed by atoms with Gasteiger partial charge in [-0.15, -0.1) is 0 Å². The molecule has 7 heteroatoms. The zero-order valence-corrected chi connectivity index (χ0v) is 19.2. The Hall–Kier alpha value is -3.40. The Bertz CT molecular complexity index is 1040. The Morgan fingerprint density at radius 1 is 1.22 bits per heavy atom. The van der Waals surface area contributed by atoms with E-state index in [1.165, 1.54) is 6.92 Å². The van der Waals surface area contributed by atoms with Gasteiger partial charge in [0.2, 0.25) is 11.8 Å². The molecule has 1 unspecified atom stereocenters. The van der Waals surface area contributed by atoms with Crippen LogP contribution >= 0.6 is 0 Å². The van der Waals surface area contributed by atoms with Gasteiger partial charge < -0.3 is 15.5 Å². The predicted octanol–water partition coefficient (Wildman–Crippen LogP) is 2.71. The maximum absolute atomic E-state index is 13.0. The minimum atomic E-state index is -0.612. The van der Waals surface area contributed by atoms with Crippen LogP contribution in [0.15, 0.2) is 30.3 Å². The van der Waals surface area contributed by atoms with E-state index in [-0.39, 0.29) is 17.9 Å². The summed E-state index contributed by atoms with van der Waals surface area (Å²) in [4.78, 5) is 31.4. The van der Waals surface area contributed by atoms with Crippen molar-refractivity contribution < 1.29 is 9.59 Å². The lowest BCUT2D eigenvalue weighted by Crippen LogP contribution is -2.52. The van der Waals surface area contributed by atoms with E-state index < -0.39 is 6.04 Å². The number of pyridine rings is 1. The van der Waals surface area contributed by atoms with Crippen LogP contribution in [0.3, 0.4) is 0 Å². The maximum atomic E-state index is 13.0. The highest BCUT2D eigenvalue weighted by Crippen LogP contribution is 2.25. The van der Waals surface area contributed by atoms with Crippen molar-refractivity contribution in [3.8, 4) is 6.07 Å². The third-order valence-corrected chi connectivity index (χ3v) is 5.79. The van der Waals surface area contributed by atoms with Gasteiger partial charge in [-0.1, -0.05) is 29.8 Å². The Labute approximate surface area is 189 Å². The molecule has 0 saturated carbocycles. The van der Waals surface area contributed by atoms with Crippen molar-refractivity contribution >= 4 is 17.6 Å². The smallest absolute Gasteiger partial charge is 0.243 e. The molecular weight excluding hydrogens is 402 g/mol. The molecule has 1 aromatic carbocycles. The minimum Gasteiger partial charge on any atom is -0.355 e. The first-order valence-corrected chi connectivity index (χ1v) is 11.0. The van der Waals surface area contributed by atoms with Crippen LogP contribution in [0.2, 0.25) is 0 Å². The molecule has 2 amide bonds. The highest BCUT2D eigenvalue weighted by atomic mass is 16.2. The fraction of sp³-hybridized carbons (Fsp3) is 0.440. The minimum absolute atomic E-state index is 0.0176. The van der Waals surface area contributed by atoms with Gasteiger partial charge in [0.25, 0.3) is 0 Å². The molecule has 1 aromatic heterocycles. The molecule has 1 atom stereocenters. The zero-order chi connectivity index (χ0) is 23.3. The van der Waals surface area contributed by atoms with Crippen molar-refractivity contribution in [2.45, 2.75) is 59.0 Å². The van der Waals surface area contributed by atoms with Crippen molar-refractivity contribution in [1.29, 1.82) is 5.26 Å². The molecule has 0 radical (unpaired) electrons. The molecule has 1 aliphatic heterocycles. The van der Waals surface area contributed by atoms with Crippen LogP contribution in [0.25, 0.3) is 0 Å². The van der Waals surface area contributed by atoms with E-state index in [0.29, 0.717) is 25.1 Å². The number of anilines is 1. The van der Waals surface area contributed by atoms with Crippen LogP contribution in [-0.4, -0.2) is 42.0 Å². The van der Waals surface area contributed by atoms with Gasteiger partial charge in [0.1, 0.15) is 17.9 Å². The van der Waals surface area contributed by atoms with E-state index in [9.17, 15) is 14.9 Å². The molecule has 1 aliphatic rings. The molecule has 1 fully saturated rings. The first-order valence-electron chi connectivity index (χ1n) is 11.0. The first kappa shape index (κ1) is 23.3. The summed E-state index contributed by atoms with van der Waals surface area (Å²) in [7, 11) is 0. The van der Waals surface area contributed by atoms with Crippen LogP contribution in [0.5, 0.6) is 0 Å². The van der Waals surface area contributed by atoms with Crippen LogP contribution in [0, 0.1) is 32.1 Å². The number of aryl methyl sites for hydroxylation is 3. The van der Waals surface area contributed by atoms with Crippen molar-refractivity contribution in [2.24, 2.45) is 0 Å². The van der Waals surface area contributed by atoms with Crippen molar-refractivity contribution in [1.82, 2.24) is 15.6 Å². The number of carbonyl (C=O) groups excluding carboxylic acids is 2. The molecule has 2 aromatic rings.